The van der Waals surface area contributed by atoms with E-state index in [4.69, 9.17) is 18.9 Å². The zero-order valence-electron chi connectivity index (χ0n) is 14.4. The molecule has 0 fully saturated rings. The molecule has 7 heteroatoms. The summed E-state index contributed by atoms with van der Waals surface area (Å²) in [6.07, 6.45) is 1.51. The van der Waals surface area contributed by atoms with Gasteiger partial charge in [-0.05, 0) is 36.4 Å². The van der Waals surface area contributed by atoms with E-state index in [-0.39, 0.29) is 11.6 Å². The number of carbonyl (C=O) groups is 1. The summed E-state index contributed by atoms with van der Waals surface area (Å²) in [5.74, 6) is 0.234. The lowest BCUT2D eigenvalue weighted by atomic mass is 10.1. The van der Waals surface area contributed by atoms with Crippen LogP contribution in [0.5, 0.6) is 17.2 Å². The van der Waals surface area contributed by atoms with Crippen molar-refractivity contribution in [1.29, 1.82) is 0 Å². The van der Waals surface area contributed by atoms with Crippen LogP contribution in [0.2, 0.25) is 0 Å². The van der Waals surface area contributed by atoms with E-state index < -0.39 is 11.8 Å². The number of cyclic esters (lactones) is 1. The molecule has 1 aliphatic heterocycles. The van der Waals surface area contributed by atoms with Crippen LogP contribution in [0.3, 0.4) is 0 Å². The van der Waals surface area contributed by atoms with E-state index in [2.05, 4.69) is 4.99 Å². The molecule has 0 radical (unpaired) electrons. The smallest absolute Gasteiger partial charge is 0.363 e. The van der Waals surface area contributed by atoms with E-state index in [1.807, 2.05) is 0 Å². The molecule has 0 aromatic heterocycles. The zero-order chi connectivity index (χ0) is 18.7. The Kier molecular flexibility index (Phi) is 4.88. The Labute approximate surface area is 149 Å². The molecule has 0 saturated carbocycles. The molecule has 3 rings (SSSR count). The minimum Gasteiger partial charge on any atom is -0.493 e. The van der Waals surface area contributed by atoms with E-state index in [0.717, 1.165) is 0 Å². The van der Waals surface area contributed by atoms with Crippen LogP contribution in [-0.4, -0.2) is 33.2 Å². The second-order valence-corrected chi connectivity index (χ2v) is 5.27. The molecule has 134 valence electrons. The van der Waals surface area contributed by atoms with Gasteiger partial charge in [-0.25, -0.2) is 14.2 Å². The normalized spacial score (nSPS) is 14.8. The van der Waals surface area contributed by atoms with E-state index in [1.54, 1.807) is 18.2 Å². The number of rotatable bonds is 5. The standard InChI is InChI=1S/C19H16FNO5/c1-23-15-8-7-11(16(24-2)17(15)25-3)10-14-19(22)26-18(21-14)12-5-4-6-13(20)9-12/h4-10H,1-3H3/b14-10+. The van der Waals surface area contributed by atoms with Crippen molar-refractivity contribution in [3.63, 3.8) is 0 Å². The summed E-state index contributed by atoms with van der Waals surface area (Å²) in [7, 11) is 4.48. The van der Waals surface area contributed by atoms with Crippen molar-refractivity contribution in [2.45, 2.75) is 0 Å². The van der Waals surface area contributed by atoms with Gasteiger partial charge in [-0.3, -0.25) is 0 Å². The van der Waals surface area contributed by atoms with Crippen LogP contribution in [0.25, 0.3) is 6.08 Å². The Morgan fingerprint density at radius 2 is 1.81 bits per heavy atom. The van der Waals surface area contributed by atoms with Gasteiger partial charge in [0.2, 0.25) is 11.6 Å². The minimum absolute atomic E-state index is 0.0418. The number of ether oxygens (including phenoxy) is 4. The molecule has 0 amide bonds. The van der Waals surface area contributed by atoms with Crippen molar-refractivity contribution >= 4 is 17.9 Å². The predicted octanol–water partition coefficient (Wildman–Crippen LogP) is 3.20. The molecule has 0 spiro atoms. The van der Waals surface area contributed by atoms with Crippen LogP contribution in [0.15, 0.2) is 47.1 Å². The van der Waals surface area contributed by atoms with Gasteiger partial charge < -0.3 is 18.9 Å². The fourth-order valence-corrected chi connectivity index (χ4v) is 2.54. The summed E-state index contributed by atoms with van der Waals surface area (Å²) < 4.78 is 34.4. The van der Waals surface area contributed by atoms with Gasteiger partial charge in [-0.2, -0.15) is 0 Å². The SMILES string of the molecule is COc1ccc(/C=C2/N=C(c3cccc(F)c3)OC2=O)c(OC)c1OC. The van der Waals surface area contributed by atoms with Gasteiger partial charge in [-0.1, -0.05) is 6.07 Å². The van der Waals surface area contributed by atoms with Crippen LogP contribution in [-0.2, 0) is 9.53 Å². The first kappa shape index (κ1) is 17.5. The Balaban J connectivity index is 2.03. The van der Waals surface area contributed by atoms with Crippen molar-refractivity contribution in [3.8, 4) is 17.2 Å². The topological polar surface area (TPSA) is 66.4 Å². The highest BCUT2D eigenvalue weighted by atomic mass is 19.1. The summed E-state index contributed by atoms with van der Waals surface area (Å²) >= 11 is 0. The maximum absolute atomic E-state index is 13.4. The third-order valence-electron chi connectivity index (χ3n) is 3.72. The Morgan fingerprint density at radius 3 is 2.46 bits per heavy atom. The van der Waals surface area contributed by atoms with Crippen LogP contribution >= 0.6 is 0 Å². The number of nitrogens with zero attached hydrogens (tertiary/aromatic N) is 1. The number of hydrogen-bond acceptors (Lipinski definition) is 6. The van der Waals surface area contributed by atoms with Crippen molar-refractivity contribution in [3.05, 3.63) is 59.0 Å². The molecule has 0 N–H and O–H groups in total. The number of esters is 1. The van der Waals surface area contributed by atoms with Gasteiger partial charge in [0, 0.05) is 11.1 Å². The quantitative estimate of drug-likeness (QED) is 0.607. The lowest BCUT2D eigenvalue weighted by Gasteiger charge is -2.14. The fraction of sp³-hybridized carbons (Fsp3) is 0.158. The molecule has 2 aromatic carbocycles. The Hall–Kier alpha value is -3.35. The maximum Gasteiger partial charge on any atom is 0.363 e. The van der Waals surface area contributed by atoms with E-state index in [9.17, 15) is 9.18 Å². The molecule has 26 heavy (non-hydrogen) atoms. The van der Waals surface area contributed by atoms with Crippen molar-refractivity contribution < 1.29 is 28.1 Å². The summed E-state index contributed by atoms with van der Waals surface area (Å²) in [5, 5.41) is 0. The van der Waals surface area contributed by atoms with Gasteiger partial charge >= 0.3 is 5.97 Å². The lowest BCUT2D eigenvalue weighted by molar-refractivity contribution is -0.129. The number of benzene rings is 2. The van der Waals surface area contributed by atoms with Gasteiger partial charge in [0.25, 0.3) is 0 Å². The van der Waals surface area contributed by atoms with E-state index in [1.165, 1.54) is 45.6 Å². The second kappa shape index (κ2) is 7.26. The van der Waals surface area contributed by atoms with Gasteiger partial charge in [-0.15, -0.1) is 0 Å². The largest absolute Gasteiger partial charge is 0.493 e. The molecular weight excluding hydrogens is 341 g/mol. The van der Waals surface area contributed by atoms with Crippen molar-refractivity contribution in [2.24, 2.45) is 4.99 Å². The van der Waals surface area contributed by atoms with E-state index >= 15 is 0 Å². The summed E-state index contributed by atoms with van der Waals surface area (Å²) in [6.45, 7) is 0. The molecule has 0 atom stereocenters. The van der Waals surface area contributed by atoms with Crippen LogP contribution in [0, 0.1) is 5.82 Å². The number of carbonyl (C=O) groups excluding carboxylic acids is 1. The monoisotopic (exact) mass is 357 g/mol. The lowest BCUT2D eigenvalue weighted by Crippen LogP contribution is -2.05. The molecular formula is C19H16FNO5. The maximum atomic E-state index is 13.4. The number of aliphatic imine (C=N–C) groups is 1. The molecule has 0 bridgehead atoms. The van der Waals surface area contributed by atoms with Crippen LogP contribution < -0.4 is 14.2 Å². The molecule has 0 aliphatic carbocycles. The fourth-order valence-electron chi connectivity index (χ4n) is 2.54. The summed E-state index contributed by atoms with van der Waals surface area (Å²) in [6, 6.07) is 9.05. The average molecular weight is 357 g/mol. The van der Waals surface area contributed by atoms with Gasteiger partial charge in [0.15, 0.2) is 17.2 Å². The highest BCUT2D eigenvalue weighted by Crippen LogP contribution is 2.40. The molecule has 2 aromatic rings. The second-order valence-electron chi connectivity index (χ2n) is 5.27. The number of halogens is 1. The van der Waals surface area contributed by atoms with Crippen molar-refractivity contribution in [1.82, 2.24) is 0 Å². The number of methoxy groups -OCH3 is 3. The Morgan fingerprint density at radius 1 is 1.04 bits per heavy atom. The van der Waals surface area contributed by atoms with Gasteiger partial charge in [0.1, 0.15) is 5.82 Å². The average Bonchev–Trinajstić information content (AvgIpc) is 3.01. The molecule has 0 saturated heterocycles. The first-order chi connectivity index (χ1) is 12.6. The third-order valence-corrected chi connectivity index (χ3v) is 3.72. The minimum atomic E-state index is -0.638. The van der Waals surface area contributed by atoms with Crippen LogP contribution in [0.4, 0.5) is 4.39 Å². The summed E-state index contributed by atoms with van der Waals surface area (Å²) in [4.78, 5) is 16.3. The first-order valence-electron chi connectivity index (χ1n) is 7.65. The van der Waals surface area contributed by atoms with Crippen LogP contribution in [0.1, 0.15) is 11.1 Å². The van der Waals surface area contributed by atoms with E-state index in [0.29, 0.717) is 28.4 Å². The number of hydrogen-bond donors (Lipinski definition) is 0. The molecule has 1 aliphatic rings. The highest BCUT2D eigenvalue weighted by molar-refractivity contribution is 6.13. The van der Waals surface area contributed by atoms with Crippen molar-refractivity contribution in [2.75, 3.05) is 21.3 Å². The molecule has 1 heterocycles. The first-order valence-corrected chi connectivity index (χ1v) is 7.65. The zero-order valence-corrected chi connectivity index (χ0v) is 14.4. The molecule has 0 unspecified atom stereocenters. The highest BCUT2D eigenvalue weighted by Gasteiger charge is 2.25. The Bertz CT molecular complexity index is 920. The predicted molar refractivity (Wildman–Crippen MR) is 93.1 cm³/mol. The third kappa shape index (κ3) is 3.23. The molecule has 6 nitrogen and oxygen atoms in total. The summed E-state index contributed by atoms with van der Waals surface area (Å²) in [5.41, 5.74) is 0.997. The van der Waals surface area contributed by atoms with Gasteiger partial charge in [0.05, 0.1) is 21.3 Å².